The molecule has 0 aliphatic heterocycles. The summed E-state index contributed by atoms with van der Waals surface area (Å²) in [5.74, 6) is 0. The molecule has 0 saturated heterocycles. The van der Waals surface area contributed by atoms with Crippen molar-refractivity contribution in [1.82, 2.24) is 4.90 Å². The van der Waals surface area contributed by atoms with Crippen LogP contribution < -0.4 is 10.3 Å². The van der Waals surface area contributed by atoms with Crippen LogP contribution in [0.15, 0.2) is 4.79 Å². The first-order valence-electron chi connectivity index (χ1n) is 6.93. The van der Waals surface area contributed by atoms with Gasteiger partial charge in [0, 0.05) is 25.7 Å². The van der Waals surface area contributed by atoms with Crippen molar-refractivity contribution in [2.45, 2.75) is 26.2 Å². The van der Waals surface area contributed by atoms with Crippen molar-refractivity contribution in [2.75, 3.05) is 52.3 Å². The number of likely N-dealkylation sites (N-methyl/N-ethyl adjacent to an activating group) is 2. The smallest absolute Gasteiger partial charge is 0.204 e. The van der Waals surface area contributed by atoms with Crippen molar-refractivity contribution >= 4 is 17.9 Å². The zero-order valence-electron chi connectivity index (χ0n) is 13.4. The van der Waals surface area contributed by atoms with Gasteiger partial charge in [0.2, 0.25) is 5.43 Å². The summed E-state index contributed by atoms with van der Waals surface area (Å²) < 4.78 is 6.05. The summed E-state index contributed by atoms with van der Waals surface area (Å²) in [7, 11) is 6.01. The van der Waals surface area contributed by atoms with Gasteiger partial charge in [-0.25, -0.2) is 0 Å². The normalized spacial score (nSPS) is 12.3. The molecule has 0 aliphatic carbocycles. The Kier molecular flexibility index (Phi) is 5.86. The van der Waals surface area contributed by atoms with Crippen LogP contribution in [0.3, 0.4) is 0 Å². The van der Waals surface area contributed by atoms with Gasteiger partial charge in [-0.2, -0.15) is 0 Å². The largest absolute Gasteiger partial charge is 0.378 e. The van der Waals surface area contributed by atoms with E-state index in [9.17, 15) is 4.79 Å². The van der Waals surface area contributed by atoms with Gasteiger partial charge in [0.05, 0.1) is 18.9 Å². The lowest BCUT2D eigenvalue weighted by molar-refractivity contribution is 0.123. The maximum atomic E-state index is 11.9. The third-order valence-corrected chi connectivity index (χ3v) is 3.65. The fourth-order valence-electron chi connectivity index (χ4n) is 2.10. The zero-order chi connectivity index (χ0) is 15.5. The molecule has 0 bridgehead atoms. The van der Waals surface area contributed by atoms with Gasteiger partial charge in [0.15, 0.2) is 0 Å². The lowest BCUT2D eigenvalue weighted by Crippen LogP contribution is -2.36. The predicted molar refractivity (Wildman–Crippen MR) is 87.3 cm³/mol. The SMILES string of the molecule is CN(C)CCOCCN(C)c1c(C(C)(C)C)c(=O)c1=S. The maximum Gasteiger partial charge on any atom is 0.204 e. The van der Waals surface area contributed by atoms with Crippen LogP contribution >= 0.6 is 12.2 Å². The maximum absolute atomic E-state index is 11.9. The first-order chi connectivity index (χ1) is 9.16. The van der Waals surface area contributed by atoms with E-state index in [-0.39, 0.29) is 10.8 Å². The molecule has 0 aliphatic rings. The van der Waals surface area contributed by atoms with Crippen molar-refractivity contribution in [3.05, 3.63) is 20.3 Å². The monoisotopic (exact) mass is 298 g/mol. The highest BCUT2D eigenvalue weighted by atomic mass is 32.1. The highest BCUT2D eigenvalue weighted by Crippen LogP contribution is 2.32. The second-order valence-electron chi connectivity index (χ2n) is 6.47. The number of hydrogen-bond donors (Lipinski definition) is 0. The van der Waals surface area contributed by atoms with Crippen LogP contribution in [-0.2, 0) is 10.2 Å². The molecule has 0 aromatic heterocycles. The molecule has 0 N–H and O–H groups in total. The Bertz CT molecular complexity index is 511. The van der Waals surface area contributed by atoms with Crippen molar-refractivity contribution in [3.63, 3.8) is 0 Å². The van der Waals surface area contributed by atoms with Crippen LogP contribution in [0.2, 0.25) is 0 Å². The number of ether oxygens (including phenoxy) is 1. The second-order valence-corrected chi connectivity index (χ2v) is 6.88. The van der Waals surface area contributed by atoms with Crippen LogP contribution in [0.5, 0.6) is 0 Å². The minimum absolute atomic E-state index is 0.0304. The van der Waals surface area contributed by atoms with Gasteiger partial charge < -0.3 is 14.5 Å². The molecular weight excluding hydrogens is 272 g/mol. The highest BCUT2D eigenvalue weighted by molar-refractivity contribution is 7.71. The Morgan fingerprint density at radius 3 is 2.15 bits per heavy atom. The average Bonchev–Trinajstić information content (AvgIpc) is 2.31. The van der Waals surface area contributed by atoms with Crippen LogP contribution in [0.25, 0.3) is 0 Å². The molecule has 0 radical (unpaired) electrons. The summed E-state index contributed by atoms with van der Waals surface area (Å²) in [6, 6.07) is 0. The van der Waals surface area contributed by atoms with Gasteiger partial charge >= 0.3 is 0 Å². The number of nitrogens with zero attached hydrogens (tertiary/aromatic N) is 2. The molecule has 0 unspecified atom stereocenters. The highest BCUT2D eigenvalue weighted by Gasteiger charge is 2.29. The summed E-state index contributed by atoms with van der Waals surface area (Å²) in [5.41, 5.74) is 1.64. The Hall–Kier alpha value is -0.780. The van der Waals surface area contributed by atoms with E-state index in [2.05, 4.69) is 4.90 Å². The van der Waals surface area contributed by atoms with E-state index >= 15 is 0 Å². The quantitative estimate of drug-likeness (QED) is 0.568. The molecule has 0 heterocycles. The molecule has 0 spiro atoms. The topological polar surface area (TPSA) is 32.8 Å². The van der Waals surface area contributed by atoms with E-state index in [1.807, 2.05) is 46.8 Å². The van der Waals surface area contributed by atoms with Gasteiger partial charge in [-0.05, 0) is 19.5 Å². The van der Waals surface area contributed by atoms with E-state index in [0.717, 1.165) is 30.9 Å². The third-order valence-electron chi connectivity index (χ3n) is 3.27. The van der Waals surface area contributed by atoms with E-state index in [0.29, 0.717) is 11.1 Å². The summed E-state index contributed by atoms with van der Waals surface area (Å²) in [6.45, 7) is 9.15. The summed E-state index contributed by atoms with van der Waals surface area (Å²) in [5, 5.41) is 0. The molecule has 0 amide bonds. The Balaban J connectivity index is 2.57. The Morgan fingerprint density at radius 2 is 1.65 bits per heavy atom. The number of rotatable bonds is 7. The van der Waals surface area contributed by atoms with Crippen LogP contribution in [-0.4, -0.2) is 52.3 Å². The zero-order valence-corrected chi connectivity index (χ0v) is 14.3. The number of hydrogen-bond acceptors (Lipinski definition) is 5. The molecule has 4 nitrogen and oxygen atoms in total. The van der Waals surface area contributed by atoms with Crippen molar-refractivity contribution in [2.24, 2.45) is 0 Å². The fraction of sp³-hybridized carbons (Fsp3) is 0.733. The van der Waals surface area contributed by atoms with Gasteiger partial charge in [-0.1, -0.05) is 33.0 Å². The lowest BCUT2D eigenvalue weighted by Gasteiger charge is -2.30. The van der Waals surface area contributed by atoms with Gasteiger partial charge in [-0.3, -0.25) is 4.79 Å². The van der Waals surface area contributed by atoms with Crippen molar-refractivity contribution in [3.8, 4) is 0 Å². The standard InChI is InChI=1S/C15H26N2O2S/c1-15(2,3)11-12(14(20)13(11)18)17(6)8-10-19-9-7-16(4)5/h7-10H2,1-6H3. The van der Waals surface area contributed by atoms with Crippen molar-refractivity contribution in [1.29, 1.82) is 0 Å². The third kappa shape index (κ3) is 4.11. The van der Waals surface area contributed by atoms with E-state index in [4.69, 9.17) is 17.0 Å². The van der Waals surface area contributed by atoms with Gasteiger partial charge in [-0.15, -0.1) is 0 Å². The first-order valence-corrected chi connectivity index (χ1v) is 7.34. The van der Waals surface area contributed by atoms with E-state index in [1.54, 1.807) is 0 Å². The fourth-order valence-corrected chi connectivity index (χ4v) is 2.46. The molecular formula is C15H26N2O2S. The lowest BCUT2D eigenvalue weighted by atomic mass is 9.82. The predicted octanol–water partition coefficient (Wildman–Crippen LogP) is 1.96. The minimum atomic E-state index is -0.158. The Morgan fingerprint density at radius 1 is 1.10 bits per heavy atom. The van der Waals surface area contributed by atoms with Crippen LogP contribution in [0, 0.1) is 4.51 Å². The molecule has 0 atom stereocenters. The van der Waals surface area contributed by atoms with Crippen LogP contribution in [0.1, 0.15) is 26.3 Å². The van der Waals surface area contributed by atoms with Gasteiger partial charge in [0.1, 0.15) is 4.51 Å². The molecule has 1 aromatic carbocycles. The molecule has 20 heavy (non-hydrogen) atoms. The van der Waals surface area contributed by atoms with Gasteiger partial charge in [0.25, 0.3) is 0 Å². The molecule has 0 fully saturated rings. The molecule has 1 aromatic rings. The summed E-state index contributed by atoms with van der Waals surface area (Å²) >= 11 is 5.19. The second kappa shape index (κ2) is 6.78. The molecule has 5 heteroatoms. The molecule has 1 rings (SSSR count). The van der Waals surface area contributed by atoms with Crippen molar-refractivity contribution < 1.29 is 4.74 Å². The summed E-state index contributed by atoms with van der Waals surface area (Å²) in [4.78, 5) is 16.0. The van der Waals surface area contributed by atoms with Crippen LogP contribution in [0.4, 0.5) is 5.69 Å². The summed E-state index contributed by atoms with van der Waals surface area (Å²) in [6.07, 6.45) is 0. The average molecular weight is 298 g/mol. The molecule has 114 valence electrons. The minimum Gasteiger partial charge on any atom is -0.378 e. The van der Waals surface area contributed by atoms with E-state index < -0.39 is 0 Å². The first kappa shape index (κ1) is 17.3. The number of anilines is 1. The van der Waals surface area contributed by atoms with E-state index in [1.165, 1.54) is 0 Å². The molecule has 0 saturated carbocycles. The Labute approximate surface area is 127 Å².